The van der Waals surface area contributed by atoms with Gasteiger partial charge >= 0.3 is 17.9 Å². The van der Waals surface area contributed by atoms with Crippen molar-refractivity contribution in [1.82, 2.24) is 0 Å². The predicted octanol–water partition coefficient (Wildman–Crippen LogP) is 0.660. The zero-order valence-electron chi connectivity index (χ0n) is 9.63. The number of aliphatic carboxylic acids is 1. The van der Waals surface area contributed by atoms with E-state index in [2.05, 4.69) is 4.94 Å². The molecule has 0 amide bonds. The molecular formula is C9H8FN3O7. The molecule has 108 valence electrons. The zero-order valence-corrected chi connectivity index (χ0v) is 9.63. The molecule has 0 saturated heterocycles. The monoisotopic (exact) mass is 289 g/mol. The van der Waals surface area contributed by atoms with Crippen LogP contribution in [-0.2, 0) is 9.74 Å². The summed E-state index contributed by atoms with van der Waals surface area (Å²) < 4.78 is 12.4. The summed E-state index contributed by atoms with van der Waals surface area (Å²) in [5.74, 6) is -6.03. The minimum Gasteiger partial charge on any atom is -0.479 e. The first-order chi connectivity index (χ1) is 9.36. The van der Waals surface area contributed by atoms with Crippen LogP contribution in [0.4, 0.5) is 10.2 Å². The lowest BCUT2D eigenvalue weighted by atomic mass is 10.1. The summed E-state index contributed by atoms with van der Waals surface area (Å²) in [7, 11) is 0. The van der Waals surface area contributed by atoms with Crippen LogP contribution in [0.5, 0.6) is 0 Å². The minimum absolute atomic E-state index is 0.00465. The number of hydrogen-bond acceptors (Lipinski definition) is 7. The molecule has 0 aliphatic carbocycles. The number of nitrogens with zero attached hydrogens (tertiary/aromatic N) is 2. The minimum atomic E-state index is -4.00. The summed E-state index contributed by atoms with van der Waals surface area (Å²) in [5, 5.41) is 32.3. The molecule has 1 rings (SSSR count). The van der Waals surface area contributed by atoms with Crippen LogP contribution in [0, 0.1) is 20.2 Å². The number of carboxylic acids is 1. The van der Waals surface area contributed by atoms with Crippen molar-refractivity contribution in [2.45, 2.75) is 11.9 Å². The summed E-state index contributed by atoms with van der Waals surface area (Å²) in [6, 6.07) is 4.44. The van der Waals surface area contributed by atoms with Crippen LogP contribution in [-0.4, -0.2) is 32.8 Å². The highest BCUT2D eigenvalue weighted by Gasteiger charge is 2.71. The van der Waals surface area contributed by atoms with Crippen LogP contribution < -0.4 is 5.32 Å². The van der Waals surface area contributed by atoms with Gasteiger partial charge in [0.05, 0.1) is 0 Å². The summed E-state index contributed by atoms with van der Waals surface area (Å²) in [6.45, 7) is 0. The molecule has 20 heavy (non-hydrogen) atoms. The quantitative estimate of drug-likeness (QED) is 0.423. The Morgan fingerprint density at radius 1 is 1.30 bits per heavy atom. The maximum absolute atomic E-state index is 12.4. The second kappa shape index (κ2) is 5.88. The van der Waals surface area contributed by atoms with E-state index in [0.29, 0.717) is 0 Å². The van der Waals surface area contributed by atoms with Gasteiger partial charge in [-0.1, -0.05) is 18.2 Å². The second-order valence-electron chi connectivity index (χ2n) is 3.53. The molecule has 0 bridgehead atoms. The molecule has 11 heteroatoms. The molecule has 0 aromatic heterocycles. The number of carbonyl (C=O) groups is 1. The first kappa shape index (κ1) is 15.2. The predicted molar refractivity (Wildman–Crippen MR) is 60.4 cm³/mol. The molecule has 10 nitrogen and oxygen atoms in total. The number of anilines is 1. The van der Waals surface area contributed by atoms with Crippen LogP contribution in [0.3, 0.4) is 0 Å². The van der Waals surface area contributed by atoms with Gasteiger partial charge in [-0.05, 0) is 21.6 Å². The average molecular weight is 289 g/mol. The van der Waals surface area contributed by atoms with E-state index in [1.165, 1.54) is 24.3 Å². The van der Waals surface area contributed by atoms with Crippen LogP contribution in [0.15, 0.2) is 30.3 Å². The van der Waals surface area contributed by atoms with Crippen LogP contribution in [0.2, 0.25) is 0 Å². The van der Waals surface area contributed by atoms with Crippen molar-refractivity contribution in [3.8, 4) is 0 Å². The topological polar surface area (TPSA) is 145 Å². The van der Waals surface area contributed by atoms with Crippen molar-refractivity contribution in [3.63, 3.8) is 0 Å². The fourth-order valence-corrected chi connectivity index (χ4v) is 1.40. The van der Waals surface area contributed by atoms with Gasteiger partial charge < -0.3 is 10.4 Å². The summed E-state index contributed by atoms with van der Waals surface area (Å²) in [5.41, 5.74) is 0.00465. The third-order valence-electron chi connectivity index (χ3n) is 2.34. The number of nitro groups is 2. The van der Waals surface area contributed by atoms with Gasteiger partial charge in [0.2, 0.25) is 0 Å². The van der Waals surface area contributed by atoms with Crippen molar-refractivity contribution in [2.24, 2.45) is 0 Å². The Morgan fingerprint density at radius 2 is 1.80 bits per heavy atom. The fraction of sp³-hybridized carbons (Fsp3) is 0.222. The van der Waals surface area contributed by atoms with Gasteiger partial charge in [0.1, 0.15) is 9.85 Å². The standard InChI is InChI=1S/C9H8FN3O7/c10-20-9(12(16)17,13(18)19)7(8(14)15)11-6-4-2-1-3-5-6/h1-5,7,11H,(H,14,15)/t7-/m1/s1. The molecule has 0 saturated carbocycles. The largest absolute Gasteiger partial charge is 0.638 e. The van der Waals surface area contributed by atoms with Gasteiger partial charge in [-0.2, -0.15) is 0 Å². The third kappa shape index (κ3) is 2.61. The molecule has 0 spiro atoms. The number of nitrogens with one attached hydrogen (secondary N) is 1. The summed E-state index contributed by atoms with van der Waals surface area (Å²) in [6.07, 6.45) is 0. The van der Waals surface area contributed by atoms with Crippen molar-refractivity contribution >= 4 is 11.7 Å². The molecule has 0 radical (unpaired) electrons. The van der Waals surface area contributed by atoms with Gasteiger partial charge in [0.15, 0.2) is 0 Å². The molecule has 0 unspecified atom stereocenters. The van der Waals surface area contributed by atoms with E-state index in [-0.39, 0.29) is 5.69 Å². The van der Waals surface area contributed by atoms with Crippen molar-refractivity contribution < 1.29 is 29.2 Å². The molecule has 2 N–H and O–H groups in total. The van der Waals surface area contributed by atoms with E-state index in [1.807, 2.05) is 5.32 Å². The normalized spacial score (nSPS) is 12.4. The van der Waals surface area contributed by atoms with Crippen molar-refractivity contribution in [3.05, 3.63) is 50.6 Å². The van der Waals surface area contributed by atoms with E-state index < -0.39 is 27.7 Å². The van der Waals surface area contributed by atoms with E-state index in [9.17, 15) is 29.5 Å². The Morgan fingerprint density at radius 3 is 2.15 bits per heavy atom. The zero-order chi connectivity index (χ0) is 15.3. The van der Waals surface area contributed by atoms with Gasteiger partial charge in [0, 0.05) is 5.69 Å². The first-order valence-corrected chi connectivity index (χ1v) is 4.99. The Bertz CT molecular complexity index is 510. The van der Waals surface area contributed by atoms with Crippen LogP contribution in [0.25, 0.3) is 0 Å². The maximum Gasteiger partial charge on any atom is 0.638 e. The molecule has 0 fully saturated rings. The molecule has 0 heterocycles. The highest BCUT2D eigenvalue weighted by Crippen LogP contribution is 2.23. The fourth-order valence-electron chi connectivity index (χ4n) is 1.40. The smallest absolute Gasteiger partial charge is 0.479 e. The number of rotatable bonds is 7. The average Bonchev–Trinajstić information content (AvgIpc) is 2.39. The maximum atomic E-state index is 12.4. The van der Waals surface area contributed by atoms with Crippen LogP contribution >= 0.6 is 0 Å². The van der Waals surface area contributed by atoms with Gasteiger partial charge in [0.25, 0.3) is 0 Å². The Labute approximate surface area is 110 Å². The Balaban J connectivity index is 3.26. The van der Waals surface area contributed by atoms with Gasteiger partial charge in [-0.15, -0.1) is 0 Å². The summed E-state index contributed by atoms with van der Waals surface area (Å²) in [4.78, 5) is 31.7. The lowest BCUT2D eigenvalue weighted by molar-refractivity contribution is -0.866. The number of benzene rings is 1. The van der Waals surface area contributed by atoms with Gasteiger partial charge in [-0.25, -0.2) is 4.79 Å². The highest BCUT2D eigenvalue weighted by atomic mass is 19.3. The highest BCUT2D eigenvalue weighted by molar-refractivity contribution is 5.78. The second-order valence-corrected chi connectivity index (χ2v) is 3.53. The molecule has 1 aromatic carbocycles. The third-order valence-corrected chi connectivity index (χ3v) is 2.34. The van der Waals surface area contributed by atoms with Gasteiger partial charge in [-0.3, -0.25) is 20.2 Å². The van der Waals surface area contributed by atoms with E-state index >= 15 is 0 Å². The molecular weight excluding hydrogens is 281 g/mol. The lowest BCUT2D eigenvalue weighted by Gasteiger charge is -2.19. The molecule has 0 aliphatic rings. The van der Waals surface area contributed by atoms with Crippen molar-refractivity contribution in [1.29, 1.82) is 0 Å². The van der Waals surface area contributed by atoms with E-state index in [0.717, 1.165) is 0 Å². The number of carboxylic acid groups (broad SMARTS) is 1. The number of hydrogen-bond donors (Lipinski definition) is 2. The Kier molecular flexibility index (Phi) is 4.48. The molecule has 0 aliphatic heterocycles. The van der Waals surface area contributed by atoms with Crippen LogP contribution in [0.1, 0.15) is 0 Å². The Hall–Kier alpha value is -2.82. The van der Waals surface area contributed by atoms with E-state index in [4.69, 9.17) is 5.11 Å². The molecule has 1 aromatic rings. The number of halogens is 1. The lowest BCUT2D eigenvalue weighted by Crippen LogP contribution is -2.62. The van der Waals surface area contributed by atoms with Crippen molar-refractivity contribution in [2.75, 3.05) is 5.32 Å². The first-order valence-electron chi connectivity index (χ1n) is 4.99. The number of para-hydroxylation sites is 1. The van der Waals surface area contributed by atoms with E-state index in [1.54, 1.807) is 6.07 Å². The summed E-state index contributed by atoms with van der Waals surface area (Å²) >= 11 is 0. The SMILES string of the molecule is O=C(O)[C@@H](Nc1ccccc1)C(OF)([N+](=O)[O-])[N+](=O)[O-]. The molecule has 1 atom stereocenters.